The number of nitrogens with zero attached hydrogens (tertiary/aromatic N) is 3. The summed E-state index contributed by atoms with van der Waals surface area (Å²) >= 11 is 0. The molecule has 0 amide bonds. The number of rotatable bonds is 3. The van der Waals surface area contributed by atoms with Crippen LogP contribution in [0, 0.1) is 6.92 Å². The van der Waals surface area contributed by atoms with Crippen LogP contribution in [-0.4, -0.2) is 35.1 Å². The normalized spacial score (nSPS) is 16.3. The molecule has 0 spiro atoms. The van der Waals surface area contributed by atoms with E-state index in [1.165, 1.54) is 5.56 Å². The molecule has 1 aromatic heterocycles. The Balaban J connectivity index is 2.02. The Labute approximate surface area is 118 Å². The van der Waals surface area contributed by atoms with E-state index in [0.717, 1.165) is 43.3 Å². The van der Waals surface area contributed by atoms with Gasteiger partial charge in [0.1, 0.15) is 17.9 Å². The van der Waals surface area contributed by atoms with Crippen molar-refractivity contribution in [2.45, 2.75) is 25.7 Å². The smallest absolute Gasteiger partial charge is 0.142 e. The highest BCUT2D eigenvalue weighted by Crippen LogP contribution is 2.30. The van der Waals surface area contributed by atoms with Crippen LogP contribution < -0.4 is 4.74 Å². The molecule has 5 nitrogen and oxygen atoms in total. The summed E-state index contributed by atoms with van der Waals surface area (Å²) in [5.74, 6) is 2.23. The summed E-state index contributed by atoms with van der Waals surface area (Å²) in [5.41, 5.74) is 2.19. The molecule has 0 bridgehead atoms. The number of methoxy groups -OCH3 is 1. The monoisotopic (exact) mass is 273 g/mol. The Hall–Kier alpha value is -1.88. The second-order valence-corrected chi connectivity index (χ2v) is 5.12. The average molecular weight is 273 g/mol. The molecule has 1 aliphatic rings. The zero-order chi connectivity index (χ0) is 13.9. The second-order valence-electron chi connectivity index (χ2n) is 5.12. The predicted molar refractivity (Wildman–Crippen MR) is 75.4 cm³/mol. The number of hydrogen-bond donors (Lipinski definition) is 0. The Morgan fingerprint density at radius 1 is 1.30 bits per heavy atom. The van der Waals surface area contributed by atoms with Gasteiger partial charge < -0.3 is 9.47 Å². The van der Waals surface area contributed by atoms with Crippen molar-refractivity contribution in [1.82, 2.24) is 14.8 Å². The Morgan fingerprint density at radius 3 is 2.85 bits per heavy atom. The Kier molecular flexibility index (Phi) is 3.69. The lowest BCUT2D eigenvalue weighted by Gasteiger charge is -2.22. The van der Waals surface area contributed by atoms with Crippen molar-refractivity contribution in [3.63, 3.8) is 0 Å². The fourth-order valence-electron chi connectivity index (χ4n) is 2.65. The number of aromatic nitrogens is 3. The summed E-state index contributed by atoms with van der Waals surface area (Å²) in [6.07, 6.45) is 3.75. The Bertz CT molecular complexity index is 589. The fourth-order valence-corrected chi connectivity index (χ4v) is 2.65. The highest BCUT2D eigenvalue weighted by molar-refractivity contribution is 5.49. The van der Waals surface area contributed by atoms with Crippen LogP contribution in [0.2, 0.25) is 0 Å². The van der Waals surface area contributed by atoms with Crippen molar-refractivity contribution < 1.29 is 9.47 Å². The van der Waals surface area contributed by atoms with Gasteiger partial charge in [-0.05, 0) is 37.5 Å². The van der Waals surface area contributed by atoms with E-state index in [-0.39, 0.29) is 0 Å². The number of hydrogen-bond acceptors (Lipinski definition) is 4. The van der Waals surface area contributed by atoms with Crippen LogP contribution in [0.5, 0.6) is 5.75 Å². The van der Waals surface area contributed by atoms with Crippen molar-refractivity contribution in [2.24, 2.45) is 0 Å². The van der Waals surface area contributed by atoms with Crippen molar-refractivity contribution in [2.75, 3.05) is 20.3 Å². The quantitative estimate of drug-likeness (QED) is 0.862. The van der Waals surface area contributed by atoms with E-state index < -0.39 is 0 Å². The summed E-state index contributed by atoms with van der Waals surface area (Å²) in [7, 11) is 1.69. The molecule has 3 rings (SSSR count). The minimum Gasteiger partial charge on any atom is -0.495 e. The first-order chi connectivity index (χ1) is 9.79. The predicted octanol–water partition coefficient (Wildman–Crippen LogP) is 2.48. The summed E-state index contributed by atoms with van der Waals surface area (Å²) in [6, 6.07) is 6.13. The van der Waals surface area contributed by atoms with Gasteiger partial charge >= 0.3 is 0 Å². The lowest BCUT2D eigenvalue weighted by atomic mass is 9.99. The van der Waals surface area contributed by atoms with E-state index >= 15 is 0 Å². The van der Waals surface area contributed by atoms with E-state index in [2.05, 4.69) is 23.2 Å². The minimum atomic E-state index is 0.400. The molecule has 1 aliphatic heterocycles. The molecule has 5 heteroatoms. The molecule has 1 saturated heterocycles. The largest absolute Gasteiger partial charge is 0.495 e. The molecule has 0 radical (unpaired) electrons. The van der Waals surface area contributed by atoms with Crippen molar-refractivity contribution in [1.29, 1.82) is 0 Å². The third-order valence-corrected chi connectivity index (χ3v) is 3.75. The molecule has 0 atom stereocenters. The van der Waals surface area contributed by atoms with Crippen molar-refractivity contribution >= 4 is 0 Å². The molecule has 0 saturated carbocycles. The van der Waals surface area contributed by atoms with E-state index in [0.29, 0.717) is 5.92 Å². The second kappa shape index (κ2) is 5.63. The van der Waals surface area contributed by atoms with Crippen LogP contribution in [-0.2, 0) is 4.74 Å². The molecule has 106 valence electrons. The topological polar surface area (TPSA) is 49.2 Å². The zero-order valence-electron chi connectivity index (χ0n) is 11.9. The van der Waals surface area contributed by atoms with Gasteiger partial charge in [-0.1, -0.05) is 6.07 Å². The van der Waals surface area contributed by atoms with Crippen LogP contribution in [0.1, 0.15) is 30.1 Å². The molecule has 1 aromatic carbocycles. The molecular formula is C15H19N3O2. The third kappa shape index (κ3) is 2.41. The molecule has 0 aliphatic carbocycles. The fraction of sp³-hybridized carbons (Fsp3) is 0.467. The van der Waals surface area contributed by atoms with Gasteiger partial charge in [-0.2, -0.15) is 0 Å². The highest BCUT2D eigenvalue weighted by atomic mass is 16.5. The molecule has 1 fully saturated rings. The summed E-state index contributed by atoms with van der Waals surface area (Å²) in [6.45, 7) is 3.66. The lowest BCUT2D eigenvalue weighted by molar-refractivity contribution is 0.0832. The molecule has 2 heterocycles. The maximum Gasteiger partial charge on any atom is 0.142 e. The maximum atomic E-state index is 5.47. The molecule has 0 N–H and O–H groups in total. The number of benzene rings is 1. The van der Waals surface area contributed by atoms with Gasteiger partial charge in [0.05, 0.1) is 12.8 Å². The van der Waals surface area contributed by atoms with Crippen molar-refractivity contribution in [3.8, 4) is 11.4 Å². The van der Waals surface area contributed by atoms with E-state index in [1.807, 2.05) is 16.7 Å². The first kappa shape index (κ1) is 13.1. The van der Waals surface area contributed by atoms with Gasteiger partial charge in [-0.3, -0.25) is 4.57 Å². The molecule has 0 unspecified atom stereocenters. The van der Waals surface area contributed by atoms with Crippen LogP contribution in [0.4, 0.5) is 0 Å². The van der Waals surface area contributed by atoms with Crippen LogP contribution in [0.15, 0.2) is 24.5 Å². The highest BCUT2D eigenvalue weighted by Gasteiger charge is 2.22. The van der Waals surface area contributed by atoms with E-state index in [9.17, 15) is 0 Å². The summed E-state index contributed by atoms with van der Waals surface area (Å²) in [4.78, 5) is 0. The molecule has 20 heavy (non-hydrogen) atoms. The lowest BCUT2D eigenvalue weighted by Crippen LogP contribution is -2.17. The number of aryl methyl sites for hydroxylation is 1. The summed E-state index contributed by atoms with van der Waals surface area (Å²) < 4.78 is 12.9. The van der Waals surface area contributed by atoms with Gasteiger partial charge in [0.2, 0.25) is 0 Å². The average Bonchev–Trinajstić information content (AvgIpc) is 2.97. The van der Waals surface area contributed by atoms with Crippen LogP contribution >= 0.6 is 0 Å². The first-order valence-corrected chi connectivity index (χ1v) is 6.92. The van der Waals surface area contributed by atoms with Gasteiger partial charge in [0.15, 0.2) is 0 Å². The SMILES string of the molecule is COc1ccc(C)cc1-n1cnnc1C1CCOCC1. The van der Waals surface area contributed by atoms with E-state index in [4.69, 9.17) is 9.47 Å². The van der Waals surface area contributed by atoms with Crippen LogP contribution in [0.3, 0.4) is 0 Å². The van der Waals surface area contributed by atoms with Gasteiger partial charge in [0.25, 0.3) is 0 Å². The van der Waals surface area contributed by atoms with Gasteiger partial charge in [-0.15, -0.1) is 10.2 Å². The maximum absolute atomic E-state index is 5.47. The van der Waals surface area contributed by atoms with Crippen LogP contribution in [0.25, 0.3) is 5.69 Å². The zero-order valence-corrected chi connectivity index (χ0v) is 11.9. The van der Waals surface area contributed by atoms with Gasteiger partial charge in [-0.25, -0.2) is 0 Å². The van der Waals surface area contributed by atoms with Gasteiger partial charge in [0, 0.05) is 19.1 Å². The molecular weight excluding hydrogens is 254 g/mol. The minimum absolute atomic E-state index is 0.400. The standard InChI is InChI=1S/C15H19N3O2/c1-11-3-4-14(19-2)13(9-11)18-10-16-17-15(18)12-5-7-20-8-6-12/h3-4,9-10,12H,5-8H2,1-2H3. The summed E-state index contributed by atoms with van der Waals surface area (Å²) in [5, 5.41) is 8.42. The third-order valence-electron chi connectivity index (χ3n) is 3.75. The molecule has 2 aromatic rings. The van der Waals surface area contributed by atoms with Crippen molar-refractivity contribution in [3.05, 3.63) is 35.9 Å². The first-order valence-electron chi connectivity index (χ1n) is 6.92. The van der Waals surface area contributed by atoms with E-state index in [1.54, 1.807) is 13.4 Å². The Morgan fingerprint density at radius 2 is 2.10 bits per heavy atom. The number of ether oxygens (including phenoxy) is 2.